The monoisotopic (exact) mass is 479 g/mol. The quantitative estimate of drug-likeness (QED) is 0.405. The Balaban J connectivity index is 1.61. The Morgan fingerprint density at radius 3 is 2.50 bits per heavy atom. The van der Waals surface area contributed by atoms with Crippen molar-refractivity contribution in [3.05, 3.63) is 97.9 Å². The van der Waals surface area contributed by atoms with E-state index < -0.39 is 6.10 Å². The smallest absolute Gasteiger partial charge is 0.124 e. The van der Waals surface area contributed by atoms with Crippen LogP contribution in [-0.4, -0.2) is 11.7 Å². The van der Waals surface area contributed by atoms with Crippen LogP contribution in [0.1, 0.15) is 22.8 Å². The molecule has 0 aliphatic heterocycles. The highest BCUT2D eigenvalue weighted by Crippen LogP contribution is 2.26. The van der Waals surface area contributed by atoms with Crippen molar-refractivity contribution in [1.29, 1.82) is 0 Å². The number of hydrogen-bond acceptors (Lipinski definition) is 3. The molecular formula is C22H20BrCl2NO2. The van der Waals surface area contributed by atoms with E-state index in [9.17, 15) is 5.11 Å². The number of nitrogens with one attached hydrogen (secondary N) is 1. The summed E-state index contributed by atoms with van der Waals surface area (Å²) in [6, 6.07) is 20.9. The molecule has 2 N–H and O–H groups in total. The van der Waals surface area contributed by atoms with Gasteiger partial charge in [-0.3, -0.25) is 0 Å². The van der Waals surface area contributed by atoms with Crippen molar-refractivity contribution in [2.75, 3.05) is 6.54 Å². The molecule has 3 rings (SSSR count). The molecule has 3 nitrogen and oxygen atoms in total. The normalized spacial score (nSPS) is 12.0. The van der Waals surface area contributed by atoms with Gasteiger partial charge < -0.3 is 15.2 Å². The van der Waals surface area contributed by atoms with Gasteiger partial charge in [0.25, 0.3) is 0 Å². The summed E-state index contributed by atoms with van der Waals surface area (Å²) in [6.45, 7) is 1.40. The minimum Gasteiger partial charge on any atom is -0.489 e. The predicted molar refractivity (Wildman–Crippen MR) is 118 cm³/mol. The molecule has 3 aromatic carbocycles. The molecule has 0 aliphatic carbocycles. The van der Waals surface area contributed by atoms with Crippen molar-refractivity contribution in [3.63, 3.8) is 0 Å². The molecule has 0 fully saturated rings. The Morgan fingerprint density at radius 1 is 0.964 bits per heavy atom. The maximum atomic E-state index is 10.3. The van der Waals surface area contributed by atoms with E-state index in [4.69, 9.17) is 27.9 Å². The maximum Gasteiger partial charge on any atom is 0.124 e. The third-order valence-corrected chi connectivity index (χ3v) is 5.47. The Morgan fingerprint density at radius 2 is 1.75 bits per heavy atom. The summed E-state index contributed by atoms with van der Waals surface area (Å²) in [5, 5.41) is 14.6. The summed E-state index contributed by atoms with van der Waals surface area (Å²) in [5.41, 5.74) is 2.82. The zero-order valence-electron chi connectivity index (χ0n) is 15.0. The van der Waals surface area contributed by atoms with Crippen LogP contribution >= 0.6 is 39.1 Å². The number of rotatable bonds is 8. The van der Waals surface area contributed by atoms with Gasteiger partial charge in [0.1, 0.15) is 12.4 Å². The number of benzene rings is 3. The standard InChI is InChI=1S/C22H20BrCl2NO2/c23-18-7-9-22(28-14-15-6-8-19(24)20(25)10-15)17(11-18)12-26-13-21(27)16-4-2-1-3-5-16/h1-11,21,26-27H,12-14H2/t21-/m1/s1. The average molecular weight is 481 g/mol. The van der Waals surface area contributed by atoms with Gasteiger partial charge in [0.15, 0.2) is 0 Å². The third kappa shape index (κ3) is 5.97. The topological polar surface area (TPSA) is 41.5 Å². The van der Waals surface area contributed by atoms with E-state index in [0.29, 0.717) is 29.7 Å². The molecule has 3 aromatic rings. The summed E-state index contributed by atoms with van der Waals surface area (Å²) < 4.78 is 6.96. The first-order valence-electron chi connectivity index (χ1n) is 8.82. The lowest BCUT2D eigenvalue weighted by Gasteiger charge is -2.15. The van der Waals surface area contributed by atoms with Gasteiger partial charge in [-0.05, 0) is 41.5 Å². The first kappa shape index (κ1) is 21.2. The molecule has 146 valence electrons. The van der Waals surface area contributed by atoms with Crippen LogP contribution in [0.25, 0.3) is 0 Å². The largest absolute Gasteiger partial charge is 0.489 e. The van der Waals surface area contributed by atoms with Crippen molar-refractivity contribution < 1.29 is 9.84 Å². The van der Waals surface area contributed by atoms with Crippen LogP contribution in [0.2, 0.25) is 10.0 Å². The molecule has 0 saturated carbocycles. The fourth-order valence-electron chi connectivity index (χ4n) is 2.75. The number of halogens is 3. The molecule has 0 amide bonds. The lowest BCUT2D eigenvalue weighted by molar-refractivity contribution is 0.174. The third-order valence-electron chi connectivity index (χ3n) is 4.24. The predicted octanol–water partition coefficient (Wildman–Crippen LogP) is 6.16. The Kier molecular flexibility index (Phi) is 7.77. The van der Waals surface area contributed by atoms with Gasteiger partial charge in [0, 0.05) is 23.1 Å². The summed E-state index contributed by atoms with van der Waals surface area (Å²) in [4.78, 5) is 0. The van der Waals surface area contributed by atoms with Gasteiger partial charge in [-0.25, -0.2) is 0 Å². The Bertz CT molecular complexity index is 922. The van der Waals surface area contributed by atoms with E-state index in [-0.39, 0.29) is 0 Å². The SMILES string of the molecule is O[C@H](CNCc1cc(Br)ccc1OCc1ccc(Cl)c(Cl)c1)c1ccccc1. The van der Waals surface area contributed by atoms with E-state index in [0.717, 1.165) is 26.9 Å². The summed E-state index contributed by atoms with van der Waals surface area (Å²) >= 11 is 15.5. The van der Waals surface area contributed by atoms with Crippen molar-refractivity contribution >= 4 is 39.1 Å². The molecule has 0 bridgehead atoms. The first-order valence-corrected chi connectivity index (χ1v) is 10.4. The zero-order chi connectivity index (χ0) is 19.9. The van der Waals surface area contributed by atoms with Crippen LogP contribution in [0.5, 0.6) is 5.75 Å². The number of aliphatic hydroxyl groups excluding tert-OH is 1. The van der Waals surface area contributed by atoms with Gasteiger partial charge >= 0.3 is 0 Å². The maximum absolute atomic E-state index is 10.3. The second kappa shape index (κ2) is 10.3. The minimum atomic E-state index is -0.561. The molecular weight excluding hydrogens is 461 g/mol. The molecule has 0 unspecified atom stereocenters. The highest BCUT2D eigenvalue weighted by Gasteiger charge is 2.09. The fraction of sp³-hybridized carbons (Fsp3) is 0.182. The first-order chi connectivity index (χ1) is 13.5. The molecule has 1 atom stereocenters. The van der Waals surface area contributed by atoms with Crippen LogP contribution < -0.4 is 10.1 Å². The van der Waals surface area contributed by atoms with Crippen LogP contribution in [0.3, 0.4) is 0 Å². The molecule has 6 heteroatoms. The molecule has 0 radical (unpaired) electrons. The molecule has 0 aromatic heterocycles. The Hall–Kier alpha value is -1.56. The zero-order valence-corrected chi connectivity index (χ0v) is 18.1. The van der Waals surface area contributed by atoms with E-state index in [2.05, 4.69) is 21.2 Å². The van der Waals surface area contributed by atoms with E-state index in [1.807, 2.05) is 54.6 Å². The van der Waals surface area contributed by atoms with Crippen LogP contribution in [0.4, 0.5) is 0 Å². The highest BCUT2D eigenvalue weighted by molar-refractivity contribution is 9.10. The lowest BCUT2D eigenvalue weighted by Crippen LogP contribution is -2.21. The number of hydrogen-bond donors (Lipinski definition) is 2. The van der Waals surface area contributed by atoms with Gasteiger partial charge in [0.05, 0.1) is 16.1 Å². The summed E-state index contributed by atoms with van der Waals surface area (Å²) in [6.07, 6.45) is -0.561. The van der Waals surface area contributed by atoms with Crippen molar-refractivity contribution in [2.45, 2.75) is 19.3 Å². The summed E-state index contributed by atoms with van der Waals surface area (Å²) in [5.74, 6) is 0.774. The second-order valence-corrected chi connectivity index (χ2v) is 8.08. The van der Waals surface area contributed by atoms with Crippen LogP contribution in [-0.2, 0) is 13.2 Å². The van der Waals surface area contributed by atoms with Gasteiger partial charge in [0.2, 0.25) is 0 Å². The van der Waals surface area contributed by atoms with E-state index in [1.54, 1.807) is 12.1 Å². The molecule has 0 saturated heterocycles. The van der Waals surface area contributed by atoms with Crippen LogP contribution in [0, 0.1) is 0 Å². The van der Waals surface area contributed by atoms with Gasteiger partial charge in [-0.1, -0.05) is 75.5 Å². The molecule has 0 spiro atoms. The highest BCUT2D eigenvalue weighted by atomic mass is 79.9. The molecule has 28 heavy (non-hydrogen) atoms. The van der Waals surface area contributed by atoms with Crippen molar-refractivity contribution in [1.82, 2.24) is 5.32 Å². The molecule has 0 aliphatic rings. The average Bonchev–Trinajstić information content (AvgIpc) is 2.70. The van der Waals surface area contributed by atoms with Gasteiger partial charge in [-0.15, -0.1) is 0 Å². The van der Waals surface area contributed by atoms with E-state index in [1.165, 1.54) is 0 Å². The minimum absolute atomic E-state index is 0.387. The van der Waals surface area contributed by atoms with Gasteiger partial charge in [-0.2, -0.15) is 0 Å². The number of aliphatic hydroxyl groups is 1. The number of ether oxygens (including phenoxy) is 1. The lowest BCUT2D eigenvalue weighted by atomic mass is 10.1. The molecule has 0 heterocycles. The van der Waals surface area contributed by atoms with Crippen LogP contribution in [0.15, 0.2) is 71.2 Å². The van der Waals surface area contributed by atoms with Crippen molar-refractivity contribution in [2.24, 2.45) is 0 Å². The van der Waals surface area contributed by atoms with Crippen molar-refractivity contribution in [3.8, 4) is 5.75 Å². The Labute approximate surface area is 183 Å². The summed E-state index contributed by atoms with van der Waals surface area (Å²) in [7, 11) is 0. The fourth-order valence-corrected chi connectivity index (χ4v) is 3.48. The second-order valence-electron chi connectivity index (χ2n) is 6.35. The van der Waals surface area contributed by atoms with E-state index >= 15 is 0 Å².